The van der Waals surface area contributed by atoms with Gasteiger partial charge in [0.05, 0.1) is 18.0 Å². The van der Waals surface area contributed by atoms with E-state index in [2.05, 4.69) is 220 Å². The van der Waals surface area contributed by atoms with Crippen LogP contribution in [0.4, 0.5) is 17.1 Å². The summed E-state index contributed by atoms with van der Waals surface area (Å²) in [7, 11) is -3.04. The van der Waals surface area contributed by atoms with Crippen molar-refractivity contribution in [1.82, 2.24) is 9.55 Å². The minimum absolute atomic E-state index is 0. The van der Waals surface area contributed by atoms with Crippen LogP contribution in [0.3, 0.4) is 0 Å². The number of pyridine rings is 1. The number of hydrogen-bond acceptors (Lipinski definition) is 3. The quantitative estimate of drug-likeness (QED) is 0.0946. The predicted octanol–water partition coefficient (Wildman–Crippen LogP) is 9.17. The van der Waals surface area contributed by atoms with Crippen molar-refractivity contribution >= 4 is 67.7 Å². The van der Waals surface area contributed by atoms with Crippen molar-refractivity contribution in [2.24, 2.45) is 0 Å². The van der Waals surface area contributed by atoms with Gasteiger partial charge < -0.3 is 14.4 Å². The van der Waals surface area contributed by atoms with Gasteiger partial charge in [-0.25, -0.2) is 4.98 Å². The Morgan fingerprint density at radius 1 is 0.589 bits per heavy atom. The molecule has 1 aliphatic rings. The number of hydrogen-bond donors (Lipinski definition) is 0. The van der Waals surface area contributed by atoms with Crippen molar-refractivity contribution in [1.29, 1.82) is 0 Å². The molecule has 0 atom stereocenters. The summed E-state index contributed by atoms with van der Waals surface area (Å²) in [6.07, 6.45) is 1.95. The maximum Gasteiger partial charge on any atom is 2.00 e. The van der Waals surface area contributed by atoms with Crippen molar-refractivity contribution in [3.63, 3.8) is 0 Å². The second kappa shape index (κ2) is 14.4. The fourth-order valence-corrected chi connectivity index (χ4v) is 13.0. The molecule has 0 N–H and O–H groups in total. The Labute approximate surface area is 346 Å². The van der Waals surface area contributed by atoms with Crippen LogP contribution >= 0.6 is 0 Å². The SMILES string of the molecule is CC(C)(C)c1ccnc(-n2c3[c-]c([Si](c4[c-]c(N5CN(C(C)(C)C)c6ccccc65)ccc4)(c4ccccc4)c4ccccc4)ccc3c3ccccc32)c1.[Pt+2]. The van der Waals surface area contributed by atoms with E-state index < -0.39 is 8.07 Å². The van der Waals surface area contributed by atoms with Gasteiger partial charge in [0.1, 0.15) is 13.9 Å². The standard InChI is InChI=1S/C50H46N4Si.Pt/c1-49(2,3)36-30-31-51-48(32-36)54-44-25-14-13-24-42(44)43-29-28-41(34-47(43)54)55(38-19-9-7-10-20-38,39-21-11-8-12-22-39)40-23-17-18-37(33-40)52-35-53(50(4,5)6)46-27-16-15-26-45(46)52;/h7-32H,35H2,1-6H3;/q-2;+2. The third kappa shape index (κ3) is 6.22. The van der Waals surface area contributed by atoms with Crippen LogP contribution in [0.2, 0.25) is 0 Å². The molecule has 56 heavy (non-hydrogen) atoms. The second-order valence-corrected chi connectivity index (χ2v) is 20.5. The van der Waals surface area contributed by atoms with Gasteiger partial charge in [0.15, 0.2) is 0 Å². The average molecular weight is 926 g/mol. The molecule has 0 spiro atoms. The molecule has 0 aliphatic carbocycles. The molecule has 0 radical (unpaired) electrons. The molecule has 9 rings (SSSR count). The van der Waals surface area contributed by atoms with E-state index in [0.717, 1.165) is 29.2 Å². The van der Waals surface area contributed by atoms with Crippen molar-refractivity contribution in [3.8, 4) is 5.82 Å². The van der Waals surface area contributed by atoms with E-state index in [1.54, 1.807) is 0 Å². The Hall–Kier alpha value is -5.22. The molecule has 280 valence electrons. The number of benzene rings is 6. The Balaban J connectivity index is 0.00000441. The summed E-state index contributed by atoms with van der Waals surface area (Å²) in [5.41, 5.74) is 6.87. The van der Waals surface area contributed by atoms with Crippen LogP contribution in [0.25, 0.3) is 27.6 Å². The third-order valence-corrected chi connectivity index (χ3v) is 15.9. The number of fused-ring (bicyclic) bond motifs is 4. The molecular formula is C50H46N4PtSi. The zero-order valence-corrected chi connectivity index (χ0v) is 36.1. The monoisotopic (exact) mass is 925 g/mol. The van der Waals surface area contributed by atoms with Crippen molar-refractivity contribution in [2.45, 2.75) is 52.5 Å². The van der Waals surface area contributed by atoms with Gasteiger partial charge in [0.25, 0.3) is 0 Å². The minimum Gasteiger partial charge on any atom is -0.347 e. The largest absolute Gasteiger partial charge is 2.00 e. The van der Waals surface area contributed by atoms with Gasteiger partial charge >= 0.3 is 21.1 Å². The number of aromatic nitrogens is 2. The molecule has 0 unspecified atom stereocenters. The summed E-state index contributed by atoms with van der Waals surface area (Å²) < 4.78 is 2.32. The molecule has 2 aromatic heterocycles. The Morgan fingerprint density at radius 2 is 1.21 bits per heavy atom. The average Bonchev–Trinajstić information content (AvgIpc) is 3.76. The Morgan fingerprint density at radius 3 is 1.89 bits per heavy atom. The summed E-state index contributed by atoms with van der Waals surface area (Å²) in [6.45, 7) is 14.4. The van der Waals surface area contributed by atoms with Gasteiger partial charge in [-0.05, 0) is 77.8 Å². The van der Waals surface area contributed by atoms with Crippen LogP contribution in [0.1, 0.15) is 47.1 Å². The van der Waals surface area contributed by atoms with Crippen LogP contribution in [0.15, 0.2) is 158 Å². The van der Waals surface area contributed by atoms with E-state index in [-0.39, 0.29) is 32.0 Å². The molecule has 6 aromatic carbocycles. The molecule has 6 heteroatoms. The molecule has 4 nitrogen and oxygen atoms in total. The maximum atomic E-state index is 5.00. The van der Waals surface area contributed by atoms with E-state index in [9.17, 15) is 0 Å². The second-order valence-electron chi connectivity index (χ2n) is 16.7. The van der Waals surface area contributed by atoms with Gasteiger partial charge in [-0.15, -0.1) is 11.5 Å². The number of rotatable bonds is 6. The molecule has 0 saturated heterocycles. The topological polar surface area (TPSA) is 24.3 Å². The number of nitrogens with zero attached hydrogens (tertiary/aromatic N) is 4. The van der Waals surface area contributed by atoms with Crippen LogP contribution in [-0.4, -0.2) is 29.8 Å². The van der Waals surface area contributed by atoms with Crippen molar-refractivity contribution in [2.75, 3.05) is 16.5 Å². The van der Waals surface area contributed by atoms with Gasteiger partial charge in [0, 0.05) is 17.3 Å². The van der Waals surface area contributed by atoms with Gasteiger partial charge in [-0.1, -0.05) is 123 Å². The smallest absolute Gasteiger partial charge is 0.347 e. The van der Waals surface area contributed by atoms with Crippen LogP contribution in [0.5, 0.6) is 0 Å². The van der Waals surface area contributed by atoms with Gasteiger partial charge in [0.2, 0.25) is 0 Å². The van der Waals surface area contributed by atoms with Crippen molar-refractivity contribution in [3.05, 3.63) is 176 Å². The third-order valence-electron chi connectivity index (χ3n) is 11.3. The van der Waals surface area contributed by atoms with Crippen LogP contribution in [0, 0.1) is 12.1 Å². The fraction of sp³-hybridized carbons (Fsp3) is 0.180. The molecule has 8 aromatic rings. The first-order valence-corrected chi connectivity index (χ1v) is 21.3. The van der Waals surface area contributed by atoms with E-state index in [1.165, 1.54) is 48.5 Å². The molecule has 0 amide bonds. The minimum atomic E-state index is -3.04. The van der Waals surface area contributed by atoms with E-state index in [1.807, 2.05) is 6.20 Å². The zero-order chi connectivity index (χ0) is 38.0. The number of anilines is 3. The summed E-state index contributed by atoms with van der Waals surface area (Å²) in [5.74, 6) is 0.906. The van der Waals surface area contributed by atoms with Crippen LogP contribution < -0.4 is 30.5 Å². The first kappa shape index (κ1) is 37.7. The zero-order valence-electron chi connectivity index (χ0n) is 32.8. The predicted molar refractivity (Wildman–Crippen MR) is 234 cm³/mol. The summed E-state index contributed by atoms with van der Waals surface area (Å²) in [6, 6.07) is 63.7. The molecular weight excluding hydrogens is 880 g/mol. The van der Waals surface area contributed by atoms with Crippen LogP contribution in [-0.2, 0) is 26.5 Å². The first-order valence-electron chi connectivity index (χ1n) is 19.3. The van der Waals surface area contributed by atoms with E-state index >= 15 is 0 Å². The molecule has 0 bridgehead atoms. The summed E-state index contributed by atoms with van der Waals surface area (Å²) in [5, 5.41) is 7.32. The molecule has 0 fully saturated rings. The molecule has 0 saturated carbocycles. The Kier molecular flexibility index (Phi) is 9.67. The van der Waals surface area contributed by atoms with Gasteiger partial charge in [-0.3, -0.25) is 0 Å². The van der Waals surface area contributed by atoms with E-state index in [4.69, 9.17) is 4.98 Å². The molecule has 1 aliphatic heterocycles. The summed E-state index contributed by atoms with van der Waals surface area (Å²) in [4.78, 5) is 9.92. The normalized spacial score (nSPS) is 13.2. The van der Waals surface area contributed by atoms with Crippen molar-refractivity contribution < 1.29 is 21.1 Å². The number of para-hydroxylation sites is 3. The maximum absolute atomic E-state index is 5.00. The fourth-order valence-electron chi connectivity index (χ4n) is 8.49. The molecule has 3 heterocycles. The Bertz CT molecular complexity index is 2630. The first-order chi connectivity index (χ1) is 26.5. The van der Waals surface area contributed by atoms with E-state index in [0.29, 0.717) is 0 Å². The van der Waals surface area contributed by atoms with Gasteiger partial charge in [-0.2, -0.15) is 46.8 Å². The summed E-state index contributed by atoms with van der Waals surface area (Å²) >= 11 is 0.